The minimum Gasteiger partial charge on any atom is -0.506 e. The fraction of sp³-hybridized carbons (Fsp3) is 0.0714. The predicted octanol–water partition coefficient (Wildman–Crippen LogP) is 9.36. The number of nitrogens with zero attached hydrogens (tertiary/aromatic N) is 2. The van der Waals surface area contributed by atoms with Gasteiger partial charge in [0, 0.05) is 32.5 Å². The van der Waals surface area contributed by atoms with E-state index in [0.717, 1.165) is 20.1 Å². The summed E-state index contributed by atoms with van der Waals surface area (Å²) < 4.78 is 2.81. The van der Waals surface area contributed by atoms with Crippen LogP contribution in [0, 0.1) is 13.8 Å². The van der Waals surface area contributed by atoms with E-state index in [9.17, 15) is 20.4 Å². The Morgan fingerprint density at radius 1 is 0.553 bits per heavy atom. The van der Waals surface area contributed by atoms with Crippen molar-refractivity contribution >= 4 is 87.5 Å². The van der Waals surface area contributed by atoms with Crippen LogP contribution in [-0.4, -0.2) is 32.9 Å². The van der Waals surface area contributed by atoms with E-state index < -0.39 is 0 Å². The number of hydrogen-bond acceptors (Lipinski definition) is 6. The standard InChI is InChI=1S/2C14H11Br2NO2/c2*1-8-2-3-13(18)12(4-8)17-7-9-5-10(15)6-11(16)14(9)19/h2*2-7,18-19H,1H3. The molecule has 0 unspecified atom stereocenters. The predicted molar refractivity (Wildman–Crippen MR) is 167 cm³/mol. The van der Waals surface area contributed by atoms with Gasteiger partial charge >= 0.3 is 0 Å². The van der Waals surface area contributed by atoms with E-state index in [1.165, 1.54) is 12.4 Å². The summed E-state index contributed by atoms with van der Waals surface area (Å²) in [6.45, 7) is 3.84. The van der Waals surface area contributed by atoms with Gasteiger partial charge in [-0.05, 0) is 105 Å². The molecule has 0 saturated carbocycles. The summed E-state index contributed by atoms with van der Waals surface area (Å²) in [5, 5.41) is 39.2. The van der Waals surface area contributed by atoms with Crippen LogP contribution in [0.4, 0.5) is 11.4 Å². The third-order valence-corrected chi connectivity index (χ3v) is 7.19. The second-order valence-corrected chi connectivity index (χ2v) is 11.7. The number of phenolic OH excluding ortho intramolecular Hbond substituents is 4. The van der Waals surface area contributed by atoms with E-state index in [4.69, 9.17) is 0 Å². The molecule has 0 aliphatic heterocycles. The molecule has 0 heterocycles. The average Bonchev–Trinajstić information content (AvgIpc) is 2.86. The molecule has 4 aromatic rings. The van der Waals surface area contributed by atoms with Crippen molar-refractivity contribution < 1.29 is 20.4 Å². The van der Waals surface area contributed by atoms with Crippen LogP contribution in [0.3, 0.4) is 0 Å². The Hall–Kier alpha value is -2.66. The number of aliphatic imine (C=N–C) groups is 2. The van der Waals surface area contributed by atoms with Crippen molar-refractivity contribution in [1.82, 2.24) is 0 Å². The first kappa shape index (κ1) is 29.9. The Bertz CT molecular complexity index is 1420. The lowest BCUT2D eigenvalue weighted by Gasteiger charge is -2.04. The molecule has 0 aliphatic carbocycles. The summed E-state index contributed by atoms with van der Waals surface area (Å²) in [5.74, 6) is 0.434. The van der Waals surface area contributed by atoms with Crippen LogP contribution >= 0.6 is 63.7 Å². The zero-order valence-electron chi connectivity index (χ0n) is 20.1. The van der Waals surface area contributed by atoms with Gasteiger partial charge in [-0.1, -0.05) is 44.0 Å². The fourth-order valence-corrected chi connectivity index (χ4v) is 5.64. The minimum atomic E-state index is 0.107. The maximum absolute atomic E-state index is 9.90. The van der Waals surface area contributed by atoms with E-state index in [2.05, 4.69) is 73.7 Å². The smallest absolute Gasteiger partial charge is 0.141 e. The molecule has 0 fully saturated rings. The number of halogens is 4. The van der Waals surface area contributed by atoms with Crippen LogP contribution in [0.2, 0.25) is 0 Å². The van der Waals surface area contributed by atoms with Gasteiger partial charge in [-0.3, -0.25) is 9.98 Å². The lowest BCUT2D eigenvalue weighted by atomic mass is 10.2. The number of rotatable bonds is 4. The van der Waals surface area contributed by atoms with Gasteiger partial charge < -0.3 is 20.4 Å². The number of benzene rings is 4. The van der Waals surface area contributed by atoms with E-state index in [1.54, 1.807) is 48.5 Å². The summed E-state index contributed by atoms with van der Waals surface area (Å²) >= 11 is 13.2. The maximum atomic E-state index is 9.90. The first-order valence-electron chi connectivity index (χ1n) is 11.0. The molecule has 196 valence electrons. The number of phenols is 4. The van der Waals surface area contributed by atoms with E-state index in [-0.39, 0.29) is 23.0 Å². The second kappa shape index (κ2) is 13.4. The molecule has 0 bridgehead atoms. The molecular weight excluding hydrogens is 748 g/mol. The molecular formula is C28H22Br4N2O4. The first-order valence-corrected chi connectivity index (χ1v) is 14.1. The third-order valence-electron chi connectivity index (χ3n) is 5.06. The van der Waals surface area contributed by atoms with Gasteiger partial charge in [-0.2, -0.15) is 0 Å². The van der Waals surface area contributed by atoms with Crippen molar-refractivity contribution in [3.05, 3.63) is 101 Å². The fourth-order valence-electron chi connectivity index (χ4n) is 3.12. The highest BCUT2D eigenvalue weighted by atomic mass is 79.9. The molecule has 0 amide bonds. The molecule has 0 spiro atoms. The summed E-state index contributed by atoms with van der Waals surface area (Å²) in [6, 6.07) is 17.3. The maximum Gasteiger partial charge on any atom is 0.141 e. The molecule has 4 rings (SSSR count). The number of hydrogen-bond donors (Lipinski definition) is 4. The highest BCUT2D eigenvalue weighted by Gasteiger charge is 2.07. The zero-order chi connectivity index (χ0) is 28.0. The van der Waals surface area contributed by atoms with Crippen molar-refractivity contribution in [2.45, 2.75) is 13.8 Å². The van der Waals surface area contributed by atoms with Gasteiger partial charge in [0.25, 0.3) is 0 Å². The Morgan fingerprint density at radius 3 is 1.29 bits per heavy atom. The molecule has 0 aromatic heterocycles. The van der Waals surface area contributed by atoms with Gasteiger partial charge in [0.2, 0.25) is 0 Å². The van der Waals surface area contributed by atoms with Crippen LogP contribution < -0.4 is 0 Å². The lowest BCUT2D eigenvalue weighted by molar-refractivity contribution is 0.470. The molecule has 0 radical (unpaired) electrons. The van der Waals surface area contributed by atoms with Gasteiger partial charge in [0.15, 0.2) is 0 Å². The molecule has 10 heteroatoms. The van der Waals surface area contributed by atoms with Crippen LogP contribution in [0.1, 0.15) is 22.3 Å². The second-order valence-electron chi connectivity index (χ2n) is 8.15. The van der Waals surface area contributed by atoms with E-state index in [1.807, 2.05) is 26.0 Å². The van der Waals surface area contributed by atoms with Gasteiger partial charge in [0.1, 0.15) is 34.4 Å². The molecule has 38 heavy (non-hydrogen) atoms. The quantitative estimate of drug-likeness (QED) is 0.155. The van der Waals surface area contributed by atoms with Gasteiger partial charge in [-0.15, -0.1) is 0 Å². The highest BCUT2D eigenvalue weighted by Crippen LogP contribution is 2.33. The summed E-state index contributed by atoms with van der Waals surface area (Å²) in [6.07, 6.45) is 3.03. The van der Waals surface area contributed by atoms with Crippen molar-refractivity contribution in [3.8, 4) is 23.0 Å². The highest BCUT2D eigenvalue weighted by molar-refractivity contribution is 9.11. The van der Waals surface area contributed by atoms with E-state index >= 15 is 0 Å². The summed E-state index contributed by atoms with van der Waals surface area (Å²) in [7, 11) is 0. The Balaban J connectivity index is 0.000000211. The first-order chi connectivity index (χ1) is 17.9. The van der Waals surface area contributed by atoms with Gasteiger partial charge in [-0.25, -0.2) is 0 Å². The van der Waals surface area contributed by atoms with Crippen LogP contribution in [0.5, 0.6) is 23.0 Å². The van der Waals surface area contributed by atoms with Crippen molar-refractivity contribution in [3.63, 3.8) is 0 Å². The monoisotopic (exact) mass is 766 g/mol. The number of aromatic hydroxyl groups is 4. The molecule has 0 atom stereocenters. The SMILES string of the molecule is Cc1ccc(O)c(N=Cc2cc(Br)cc(Br)c2O)c1.Cc1ccc(O)c(N=Cc2cc(Br)cc(Br)c2O)c1. The van der Waals surface area contributed by atoms with Crippen molar-refractivity contribution in [2.24, 2.45) is 9.98 Å². The van der Waals surface area contributed by atoms with Crippen LogP contribution in [0.25, 0.3) is 0 Å². The number of aryl methyl sites for hydroxylation is 2. The van der Waals surface area contributed by atoms with Crippen LogP contribution in [-0.2, 0) is 0 Å². The topological polar surface area (TPSA) is 106 Å². The molecule has 0 aliphatic rings. The normalized spacial score (nSPS) is 11.1. The zero-order valence-corrected chi connectivity index (χ0v) is 26.5. The third kappa shape index (κ3) is 8.17. The average molecular weight is 770 g/mol. The molecule has 0 saturated heterocycles. The molecule has 4 aromatic carbocycles. The van der Waals surface area contributed by atoms with Gasteiger partial charge in [0.05, 0.1) is 8.95 Å². The Labute approximate surface area is 254 Å². The Kier molecular flexibility index (Phi) is 10.6. The Morgan fingerprint density at radius 2 is 0.921 bits per heavy atom. The summed E-state index contributed by atoms with van der Waals surface area (Å²) in [4.78, 5) is 8.41. The molecule has 6 nitrogen and oxygen atoms in total. The minimum absolute atomic E-state index is 0.107. The largest absolute Gasteiger partial charge is 0.506 e. The lowest BCUT2D eigenvalue weighted by Crippen LogP contribution is -1.84. The van der Waals surface area contributed by atoms with E-state index in [0.29, 0.717) is 31.4 Å². The van der Waals surface area contributed by atoms with Crippen LogP contribution in [0.15, 0.2) is 88.5 Å². The van der Waals surface area contributed by atoms with Crippen molar-refractivity contribution in [2.75, 3.05) is 0 Å². The summed E-state index contributed by atoms with van der Waals surface area (Å²) in [5.41, 5.74) is 4.06. The van der Waals surface area contributed by atoms with Crippen molar-refractivity contribution in [1.29, 1.82) is 0 Å². The molecule has 4 N–H and O–H groups in total.